The van der Waals surface area contributed by atoms with E-state index in [1.54, 1.807) is 6.07 Å². The predicted octanol–water partition coefficient (Wildman–Crippen LogP) is 3.11. The van der Waals surface area contributed by atoms with E-state index in [-0.39, 0.29) is 33.3 Å². The van der Waals surface area contributed by atoms with Crippen LogP contribution in [0.1, 0.15) is 32.1 Å². The molecule has 5 nitrogen and oxygen atoms in total. The van der Waals surface area contributed by atoms with Crippen molar-refractivity contribution < 1.29 is 16.8 Å². The molecule has 134 valence electrons. The van der Waals surface area contributed by atoms with Gasteiger partial charge >= 0.3 is 0 Å². The molecule has 24 heavy (non-hydrogen) atoms. The second kappa shape index (κ2) is 6.76. The third-order valence-corrected chi connectivity index (χ3v) is 10.2. The highest BCUT2D eigenvalue weighted by Crippen LogP contribution is 2.36. The Hall–Kier alpha value is -0.340. The Balaban J connectivity index is 1.76. The second-order valence-corrected chi connectivity index (χ2v) is 11.5. The summed E-state index contributed by atoms with van der Waals surface area (Å²) in [5.74, 6) is 0. The highest BCUT2D eigenvalue weighted by atomic mass is 35.5. The van der Waals surface area contributed by atoms with Crippen molar-refractivity contribution in [3.05, 3.63) is 28.2 Å². The number of hydrogen-bond donors (Lipinski definition) is 0. The van der Waals surface area contributed by atoms with Crippen molar-refractivity contribution in [2.75, 3.05) is 13.1 Å². The lowest BCUT2D eigenvalue weighted by Crippen LogP contribution is -2.58. The molecule has 1 aromatic carbocycles. The van der Waals surface area contributed by atoms with Crippen molar-refractivity contribution >= 4 is 43.1 Å². The molecule has 2 fully saturated rings. The molecule has 2 aliphatic rings. The van der Waals surface area contributed by atoms with Crippen molar-refractivity contribution in [3.63, 3.8) is 0 Å². The van der Waals surface area contributed by atoms with Gasteiger partial charge in [0.25, 0.3) is 0 Å². The zero-order valence-electron chi connectivity index (χ0n) is 13.0. The van der Waals surface area contributed by atoms with Gasteiger partial charge in [0.15, 0.2) is 9.84 Å². The minimum atomic E-state index is -3.88. The Morgan fingerprint density at radius 1 is 0.875 bits per heavy atom. The van der Waals surface area contributed by atoms with Crippen LogP contribution >= 0.6 is 23.2 Å². The Bertz CT molecular complexity index is 807. The second-order valence-electron chi connectivity index (χ2n) is 6.34. The van der Waals surface area contributed by atoms with Crippen LogP contribution in [0, 0.1) is 0 Å². The van der Waals surface area contributed by atoms with Gasteiger partial charge in [-0.1, -0.05) is 48.5 Å². The molecule has 1 saturated heterocycles. The highest BCUT2D eigenvalue weighted by Gasteiger charge is 2.47. The molecule has 0 amide bonds. The number of benzene rings is 1. The fourth-order valence-electron chi connectivity index (χ4n) is 3.33. The lowest BCUT2D eigenvalue weighted by Gasteiger charge is -2.40. The van der Waals surface area contributed by atoms with Gasteiger partial charge in [-0.05, 0) is 25.0 Å². The first-order chi connectivity index (χ1) is 11.2. The summed E-state index contributed by atoms with van der Waals surface area (Å²) < 4.78 is 51.8. The zero-order valence-corrected chi connectivity index (χ0v) is 16.1. The van der Waals surface area contributed by atoms with Crippen LogP contribution in [0.5, 0.6) is 0 Å². The topological polar surface area (TPSA) is 71.5 Å². The van der Waals surface area contributed by atoms with Crippen LogP contribution in [0.25, 0.3) is 0 Å². The van der Waals surface area contributed by atoms with Crippen LogP contribution in [-0.4, -0.2) is 44.7 Å². The van der Waals surface area contributed by atoms with Crippen LogP contribution in [0.4, 0.5) is 0 Å². The molecule has 1 saturated carbocycles. The van der Waals surface area contributed by atoms with Crippen molar-refractivity contribution in [1.82, 2.24) is 4.31 Å². The number of nitrogens with zero attached hydrogens (tertiary/aromatic N) is 1. The van der Waals surface area contributed by atoms with Gasteiger partial charge in [-0.15, -0.1) is 0 Å². The molecule has 0 spiro atoms. The van der Waals surface area contributed by atoms with Crippen LogP contribution in [0.15, 0.2) is 23.1 Å². The van der Waals surface area contributed by atoms with Crippen molar-refractivity contribution in [1.29, 1.82) is 0 Å². The van der Waals surface area contributed by atoms with Gasteiger partial charge in [-0.25, -0.2) is 16.8 Å². The van der Waals surface area contributed by atoms with Gasteiger partial charge in [0.2, 0.25) is 10.0 Å². The molecule has 0 radical (unpaired) electrons. The molecular weight excluding hydrogens is 393 g/mol. The number of halogens is 2. The number of sulfone groups is 1. The van der Waals surface area contributed by atoms with E-state index in [0.717, 1.165) is 23.6 Å². The number of hydrogen-bond acceptors (Lipinski definition) is 4. The first kappa shape index (κ1) is 18.5. The van der Waals surface area contributed by atoms with E-state index in [2.05, 4.69) is 0 Å². The molecule has 0 aromatic heterocycles. The standard InChI is InChI=1S/C15H19Cl2NO4S2/c16-13-7-4-8-14(17)15(13)24(21,22)18-9-12(10-18)23(19,20)11-5-2-1-3-6-11/h4,7-8,11-12H,1-3,5-6,9-10H2. The maximum atomic E-state index is 12.7. The quantitative estimate of drug-likeness (QED) is 0.762. The maximum absolute atomic E-state index is 12.7. The summed E-state index contributed by atoms with van der Waals surface area (Å²) in [6.45, 7) is -0.0502. The molecule has 1 heterocycles. The smallest absolute Gasteiger partial charge is 0.228 e. The fourth-order valence-corrected chi connectivity index (χ4v) is 8.45. The van der Waals surface area contributed by atoms with E-state index < -0.39 is 25.1 Å². The highest BCUT2D eigenvalue weighted by molar-refractivity contribution is 7.93. The van der Waals surface area contributed by atoms with Crippen molar-refractivity contribution in [2.45, 2.75) is 47.5 Å². The zero-order chi connectivity index (χ0) is 17.5. The molecule has 0 bridgehead atoms. The third kappa shape index (κ3) is 3.21. The van der Waals surface area contributed by atoms with Crippen LogP contribution < -0.4 is 0 Å². The van der Waals surface area contributed by atoms with E-state index in [1.807, 2.05) is 0 Å². The molecule has 3 rings (SSSR count). The largest absolute Gasteiger partial charge is 0.246 e. The molecule has 1 aliphatic carbocycles. The molecular formula is C15H19Cl2NO4S2. The SMILES string of the molecule is O=S(=O)(C1CCCCC1)C1CN(S(=O)(=O)c2c(Cl)cccc2Cl)C1. The van der Waals surface area contributed by atoms with Gasteiger partial charge in [0, 0.05) is 13.1 Å². The Morgan fingerprint density at radius 2 is 1.42 bits per heavy atom. The summed E-state index contributed by atoms with van der Waals surface area (Å²) in [5, 5.41) is -0.871. The van der Waals surface area contributed by atoms with Crippen LogP contribution in [0.2, 0.25) is 10.0 Å². The average Bonchev–Trinajstić information content (AvgIpc) is 2.45. The van der Waals surface area contributed by atoms with Gasteiger partial charge < -0.3 is 0 Å². The molecule has 9 heteroatoms. The fraction of sp³-hybridized carbons (Fsp3) is 0.600. The Kier molecular flexibility index (Phi) is 5.20. The Labute approximate surface area is 152 Å². The summed E-state index contributed by atoms with van der Waals surface area (Å²) in [4.78, 5) is -0.151. The van der Waals surface area contributed by atoms with Gasteiger partial charge in [0.05, 0.1) is 20.5 Å². The predicted molar refractivity (Wildman–Crippen MR) is 94.8 cm³/mol. The third-order valence-electron chi connectivity index (χ3n) is 4.81. The molecule has 0 atom stereocenters. The molecule has 1 aliphatic heterocycles. The minimum absolute atomic E-state index is 0.0251. The summed E-state index contributed by atoms with van der Waals surface area (Å²) in [6, 6.07) is 4.48. The molecule has 0 N–H and O–H groups in total. The van der Waals surface area contributed by atoms with E-state index in [4.69, 9.17) is 23.2 Å². The maximum Gasteiger partial charge on any atom is 0.246 e. The Morgan fingerprint density at radius 3 is 1.96 bits per heavy atom. The lowest BCUT2D eigenvalue weighted by molar-refractivity contribution is 0.306. The monoisotopic (exact) mass is 411 g/mol. The summed E-state index contributed by atoms with van der Waals surface area (Å²) in [7, 11) is -7.18. The van der Waals surface area contributed by atoms with E-state index in [1.165, 1.54) is 12.1 Å². The summed E-state index contributed by atoms with van der Waals surface area (Å²) >= 11 is 12.0. The van der Waals surface area contributed by atoms with Crippen molar-refractivity contribution in [3.8, 4) is 0 Å². The number of rotatable bonds is 4. The molecule has 1 aromatic rings. The summed E-state index contributed by atoms with van der Waals surface area (Å²) in [6.07, 6.45) is 4.29. The van der Waals surface area contributed by atoms with Crippen molar-refractivity contribution in [2.24, 2.45) is 0 Å². The first-order valence-electron chi connectivity index (χ1n) is 7.91. The number of sulfonamides is 1. The van der Waals surface area contributed by atoms with Gasteiger partial charge in [-0.2, -0.15) is 4.31 Å². The first-order valence-corrected chi connectivity index (χ1v) is 11.7. The van der Waals surface area contributed by atoms with E-state index in [9.17, 15) is 16.8 Å². The van der Waals surface area contributed by atoms with Crippen LogP contribution in [-0.2, 0) is 19.9 Å². The van der Waals surface area contributed by atoms with E-state index in [0.29, 0.717) is 12.8 Å². The van der Waals surface area contributed by atoms with E-state index >= 15 is 0 Å². The minimum Gasteiger partial charge on any atom is -0.228 e. The lowest BCUT2D eigenvalue weighted by atomic mass is 10.0. The van der Waals surface area contributed by atoms with Gasteiger partial charge in [0.1, 0.15) is 4.90 Å². The molecule has 0 unspecified atom stereocenters. The normalized spacial score (nSPS) is 21.6. The van der Waals surface area contributed by atoms with Gasteiger partial charge in [-0.3, -0.25) is 0 Å². The average molecular weight is 412 g/mol. The van der Waals surface area contributed by atoms with Crippen LogP contribution in [0.3, 0.4) is 0 Å². The summed E-state index contributed by atoms with van der Waals surface area (Å²) in [5.41, 5.74) is 0.